The van der Waals surface area contributed by atoms with Gasteiger partial charge in [-0.3, -0.25) is 0 Å². The van der Waals surface area contributed by atoms with Gasteiger partial charge in [-0.2, -0.15) is 0 Å². The van der Waals surface area contributed by atoms with E-state index < -0.39 is 17.2 Å². The predicted molar refractivity (Wildman–Crippen MR) is 64.3 cm³/mol. The Morgan fingerprint density at radius 2 is 1.89 bits per heavy atom. The standard InChI is InChI=1S/C14H18F2O2/c1-9-3-4-11(15)12(13(9)16)14(17)7-5-10(18-2)6-8-14/h3-4,10,17H,5-8H2,1-2H3. The van der Waals surface area contributed by atoms with Crippen LogP contribution in [0.4, 0.5) is 8.78 Å². The fourth-order valence-electron chi connectivity index (χ4n) is 2.64. The molecule has 0 aromatic heterocycles. The van der Waals surface area contributed by atoms with Crippen molar-refractivity contribution in [1.82, 2.24) is 0 Å². The van der Waals surface area contributed by atoms with Gasteiger partial charge in [0.25, 0.3) is 0 Å². The predicted octanol–water partition coefficient (Wildman–Crippen LogP) is 3.05. The van der Waals surface area contributed by atoms with Crippen molar-refractivity contribution >= 4 is 0 Å². The molecule has 1 N–H and O–H groups in total. The molecular formula is C14H18F2O2. The molecule has 0 amide bonds. The fourth-order valence-corrected chi connectivity index (χ4v) is 2.64. The summed E-state index contributed by atoms with van der Waals surface area (Å²) in [5, 5.41) is 10.5. The maximum Gasteiger partial charge on any atom is 0.135 e. The summed E-state index contributed by atoms with van der Waals surface area (Å²) in [6.07, 6.45) is 1.94. The molecule has 2 nitrogen and oxygen atoms in total. The largest absolute Gasteiger partial charge is 0.385 e. The number of benzene rings is 1. The summed E-state index contributed by atoms with van der Waals surface area (Å²) >= 11 is 0. The van der Waals surface area contributed by atoms with E-state index in [9.17, 15) is 13.9 Å². The Balaban J connectivity index is 2.34. The molecule has 0 heterocycles. The van der Waals surface area contributed by atoms with Gasteiger partial charge in [-0.1, -0.05) is 6.07 Å². The molecule has 0 unspecified atom stereocenters. The Hall–Kier alpha value is -1.00. The van der Waals surface area contributed by atoms with E-state index in [0.717, 1.165) is 0 Å². The number of halogens is 2. The Morgan fingerprint density at radius 1 is 1.28 bits per heavy atom. The van der Waals surface area contributed by atoms with Crippen LogP contribution in [-0.2, 0) is 10.3 Å². The lowest BCUT2D eigenvalue weighted by Gasteiger charge is -2.36. The van der Waals surface area contributed by atoms with Crippen LogP contribution >= 0.6 is 0 Å². The highest BCUT2D eigenvalue weighted by atomic mass is 19.1. The molecule has 0 spiro atoms. The Morgan fingerprint density at radius 3 is 2.44 bits per heavy atom. The summed E-state index contributed by atoms with van der Waals surface area (Å²) in [6, 6.07) is 2.60. The van der Waals surface area contributed by atoms with Crippen LogP contribution in [0.5, 0.6) is 0 Å². The smallest absolute Gasteiger partial charge is 0.135 e. The average molecular weight is 256 g/mol. The Kier molecular flexibility index (Phi) is 3.69. The van der Waals surface area contributed by atoms with Gasteiger partial charge in [0, 0.05) is 7.11 Å². The minimum absolute atomic E-state index is 0.0706. The van der Waals surface area contributed by atoms with Crippen molar-refractivity contribution in [3.63, 3.8) is 0 Å². The molecule has 2 rings (SSSR count). The van der Waals surface area contributed by atoms with Gasteiger partial charge in [0.1, 0.15) is 11.6 Å². The number of ether oxygens (including phenoxy) is 1. The number of hydrogen-bond acceptors (Lipinski definition) is 2. The van der Waals surface area contributed by atoms with Crippen molar-refractivity contribution in [3.8, 4) is 0 Å². The van der Waals surface area contributed by atoms with E-state index in [1.807, 2.05) is 0 Å². The molecule has 1 saturated carbocycles. The molecule has 0 saturated heterocycles. The number of hydrogen-bond donors (Lipinski definition) is 1. The second kappa shape index (κ2) is 4.94. The SMILES string of the molecule is COC1CCC(O)(c2c(F)ccc(C)c2F)CC1. The topological polar surface area (TPSA) is 29.5 Å². The summed E-state index contributed by atoms with van der Waals surface area (Å²) in [6.45, 7) is 1.57. The lowest BCUT2D eigenvalue weighted by molar-refractivity contribution is -0.0515. The minimum Gasteiger partial charge on any atom is -0.385 e. The van der Waals surface area contributed by atoms with E-state index in [1.165, 1.54) is 12.1 Å². The Bertz CT molecular complexity index is 438. The summed E-state index contributed by atoms with van der Waals surface area (Å²) in [7, 11) is 1.61. The second-order valence-electron chi connectivity index (χ2n) is 5.02. The second-order valence-corrected chi connectivity index (χ2v) is 5.02. The van der Waals surface area contributed by atoms with Gasteiger partial charge in [0.2, 0.25) is 0 Å². The molecule has 18 heavy (non-hydrogen) atoms. The van der Waals surface area contributed by atoms with Crippen molar-refractivity contribution in [2.75, 3.05) is 7.11 Å². The van der Waals surface area contributed by atoms with E-state index in [0.29, 0.717) is 31.2 Å². The van der Waals surface area contributed by atoms with Crippen molar-refractivity contribution < 1.29 is 18.6 Å². The first-order valence-corrected chi connectivity index (χ1v) is 6.18. The average Bonchev–Trinajstić information content (AvgIpc) is 2.35. The number of aryl methyl sites for hydroxylation is 1. The fraction of sp³-hybridized carbons (Fsp3) is 0.571. The van der Waals surface area contributed by atoms with Crippen molar-refractivity contribution in [3.05, 3.63) is 34.9 Å². The van der Waals surface area contributed by atoms with Crippen LogP contribution in [0.3, 0.4) is 0 Å². The highest BCUT2D eigenvalue weighted by molar-refractivity contribution is 5.31. The maximum absolute atomic E-state index is 14.0. The van der Waals surface area contributed by atoms with Crippen molar-refractivity contribution in [1.29, 1.82) is 0 Å². The molecule has 0 atom stereocenters. The summed E-state index contributed by atoms with van der Waals surface area (Å²) in [5.41, 5.74) is -1.24. The molecule has 1 aromatic rings. The molecule has 0 aliphatic heterocycles. The van der Waals surface area contributed by atoms with E-state index >= 15 is 0 Å². The van der Waals surface area contributed by atoms with Gasteiger partial charge in [0.15, 0.2) is 0 Å². The molecule has 4 heteroatoms. The number of aliphatic hydroxyl groups is 1. The van der Waals surface area contributed by atoms with E-state index in [-0.39, 0.29) is 11.7 Å². The third-order valence-electron chi connectivity index (χ3n) is 3.84. The maximum atomic E-state index is 14.0. The molecule has 0 bridgehead atoms. The van der Waals surface area contributed by atoms with Gasteiger partial charge < -0.3 is 9.84 Å². The van der Waals surface area contributed by atoms with Crippen LogP contribution in [0.15, 0.2) is 12.1 Å². The van der Waals surface area contributed by atoms with E-state index in [1.54, 1.807) is 14.0 Å². The molecule has 1 fully saturated rings. The van der Waals surface area contributed by atoms with Crippen LogP contribution in [0.2, 0.25) is 0 Å². The third-order valence-corrected chi connectivity index (χ3v) is 3.84. The lowest BCUT2D eigenvalue weighted by Crippen LogP contribution is -2.35. The van der Waals surface area contributed by atoms with Crippen LogP contribution < -0.4 is 0 Å². The molecule has 1 aromatic carbocycles. The highest BCUT2D eigenvalue weighted by Crippen LogP contribution is 2.40. The lowest BCUT2D eigenvalue weighted by atomic mass is 9.77. The molecule has 100 valence electrons. The van der Waals surface area contributed by atoms with Crippen molar-refractivity contribution in [2.24, 2.45) is 0 Å². The summed E-state index contributed by atoms with van der Waals surface area (Å²) in [5.74, 6) is -1.30. The first-order valence-electron chi connectivity index (χ1n) is 6.18. The first kappa shape index (κ1) is 13.4. The molecule has 1 aliphatic carbocycles. The number of rotatable bonds is 2. The van der Waals surface area contributed by atoms with E-state index in [2.05, 4.69) is 0 Å². The monoisotopic (exact) mass is 256 g/mol. The zero-order valence-corrected chi connectivity index (χ0v) is 10.7. The molecular weight excluding hydrogens is 238 g/mol. The summed E-state index contributed by atoms with van der Waals surface area (Å²) < 4.78 is 33.1. The highest BCUT2D eigenvalue weighted by Gasteiger charge is 2.39. The first-order chi connectivity index (χ1) is 8.48. The minimum atomic E-state index is -1.41. The van der Waals surface area contributed by atoms with Gasteiger partial charge in [-0.05, 0) is 44.2 Å². The van der Waals surface area contributed by atoms with Crippen LogP contribution in [0.1, 0.15) is 36.8 Å². The zero-order valence-electron chi connectivity index (χ0n) is 10.7. The quantitative estimate of drug-likeness (QED) is 0.881. The van der Waals surface area contributed by atoms with Crippen LogP contribution in [-0.4, -0.2) is 18.3 Å². The van der Waals surface area contributed by atoms with Crippen molar-refractivity contribution in [2.45, 2.75) is 44.3 Å². The van der Waals surface area contributed by atoms with Crippen LogP contribution in [0.25, 0.3) is 0 Å². The third kappa shape index (κ3) is 2.27. The Labute approximate surface area is 106 Å². The number of methoxy groups -OCH3 is 1. The van der Waals surface area contributed by atoms with Crippen LogP contribution in [0, 0.1) is 18.6 Å². The van der Waals surface area contributed by atoms with Gasteiger partial charge in [0.05, 0.1) is 17.3 Å². The zero-order chi connectivity index (χ0) is 13.3. The van der Waals surface area contributed by atoms with E-state index in [4.69, 9.17) is 4.74 Å². The molecule has 0 radical (unpaired) electrons. The normalized spacial score (nSPS) is 28.4. The van der Waals surface area contributed by atoms with Gasteiger partial charge in [-0.15, -0.1) is 0 Å². The van der Waals surface area contributed by atoms with Gasteiger partial charge in [-0.25, -0.2) is 8.78 Å². The molecule has 1 aliphatic rings. The van der Waals surface area contributed by atoms with Gasteiger partial charge >= 0.3 is 0 Å². The summed E-state index contributed by atoms with van der Waals surface area (Å²) in [4.78, 5) is 0.